The molecule has 21 heavy (non-hydrogen) atoms. The molecule has 1 aromatic carbocycles. The molecule has 5 nitrogen and oxygen atoms in total. The topological polar surface area (TPSA) is 72.3 Å². The van der Waals surface area contributed by atoms with E-state index in [0.717, 1.165) is 16.9 Å². The van der Waals surface area contributed by atoms with E-state index in [1.54, 1.807) is 6.08 Å². The van der Waals surface area contributed by atoms with Gasteiger partial charge in [0.2, 0.25) is 0 Å². The lowest BCUT2D eigenvalue weighted by molar-refractivity contribution is 0.0690. The van der Waals surface area contributed by atoms with Crippen molar-refractivity contribution in [1.29, 1.82) is 0 Å². The van der Waals surface area contributed by atoms with Gasteiger partial charge in [0.1, 0.15) is 18.7 Å². The summed E-state index contributed by atoms with van der Waals surface area (Å²) in [7, 11) is 0. The molecule has 3 rings (SSSR count). The number of rotatable bonds is 3. The standard InChI is InChI=1S/C16H12N2O3/c19-16(20)14-8-13(17-10-18-14)6-5-11-7-12-3-1-2-4-15(12)21-9-11/h1-8,10H,9H2,(H,19,20). The predicted molar refractivity (Wildman–Crippen MR) is 77.9 cm³/mol. The smallest absolute Gasteiger partial charge is 0.354 e. The number of fused-ring (bicyclic) bond motifs is 1. The summed E-state index contributed by atoms with van der Waals surface area (Å²) >= 11 is 0. The number of para-hydroxylation sites is 1. The number of carboxylic acid groups (broad SMARTS) is 1. The van der Waals surface area contributed by atoms with Gasteiger partial charge in [0.25, 0.3) is 0 Å². The Morgan fingerprint density at radius 2 is 2.10 bits per heavy atom. The molecule has 2 heterocycles. The molecule has 0 unspecified atom stereocenters. The van der Waals surface area contributed by atoms with Crippen LogP contribution in [-0.2, 0) is 0 Å². The summed E-state index contributed by atoms with van der Waals surface area (Å²) in [6.07, 6.45) is 6.89. The summed E-state index contributed by atoms with van der Waals surface area (Å²) in [4.78, 5) is 18.6. The van der Waals surface area contributed by atoms with Crippen LogP contribution in [0.5, 0.6) is 5.75 Å². The molecule has 0 bridgehead atoms. The third-order valence-corrected chi connectivity index (χ3v) is 3.03. The first-order chi connectivity index (χ1) is 10.2. The molecule has 1 aliphatic rings. The summed E-state index contributed by atoms with van der Waals surface area (Å²) < 4.78 is 5.64. The van der Waals surface area contributed by atoms with Crippen molar-refractivity contribution in [3.8, 4) is 5.75 Å². The Bertz CT molecular complexity index is 751. The maximum atomic E-state index is 10.9. The van der Waals surface area contributed by atoms with Gasteiger partial charge in [-0.25, -0.2) is 14.8 Å². The van der Waals surface area contributed by atoms with E-state index in [2.05, 4.69) is 9.97 Å². The molecule has 0 amide bonds. The van der Waals surface area contributed by atoms with E-state index in [1.165, 1.54) is 12.4 Å². The number of carbonyl (C=O) groups is 1. The molecule has 0 radical (unpaired) electrons. The van der Waals surface area contributed by atoms with Crippen molar-refractivity contribution in [2.75, 3.05) is 6.61 Å². The normalized spacial score (nSPS) is 13.4. The molecular formula is C16H12N2O3. The number of aromatic carboxylic acids is 1. The molecule has 0 fully saturated rings. The van der Waals surface area contributed by atoms with E-state index >= 15 is 0 Å². The fourth-order valence-electron chi connectivity index (χ4n) is 2.00. The van der Waals surface area contributed by atoms with Crippen molar-refractivity contribution >= 4 is 18.1 Å². The average molecular weight is 280 g/mol. The molecule has 0 atom stereocenters. The third kappa shape index (κ3) is 2.97. The Labute approximate surface area is 121 Å². The number of hydrogen-bond donors (Lipinski definition) is 1. The molecule has 0 saturated heterocycles. The number of nitrogens with zero attached hydrogens (tertiary/aromatic N) is 2. The highest BCUT2D eigenvalue weighted by Gasteiger charge is 2.09. The van der Waals surface area contributed by atoms with Gasteiger partial charge in [0, 0.05) is 5.56 Å². The minimum absolute atomic E-state index is 0.0242. The van der Waals surface area contributed by atoms with Crippen LogP contribution in [0.2, 0.25) is 0 Å². The molecule has 5 heteroatoms. The van der Waals surface area contributed by atoms with Gasteiger partial charge < -0.3 is 9.84 Å². The summed E-state index contributed by atoms with van der Waals surface area (Å²) in [5, 5.41) is 8.89. The van der Waals surface area contributed by atoms with Gasteiger partial charge in [-0.15, -0.1) is 0 Å². The second kappa shape index (κ2) is 5.58. The van der Waals surface area contributed by atoms with E-state index < -0.39 is 5.97 Å². The Morgan fingerprint density at radius 3 is 2.95 bits per heavy atom. The molecule has 0 spiro atoms. The van der Waals surface area contributed by atoms with Crippen LogP contribution < -0.4 is 4.74 Å². The van der Waals surface area contributed by atoms with E-state index in [4.69, 9.17) is 9.84 Å². The van der Waals surface area contributed by atoms with Crippen LogP contribution in [0.3, 0.4) is 0 Å². The highest BCUT2D eigenvalue weighted by atomic mass is 16.5. The average Bonchev–Trinajstić information content (AvgIpc) is 2.53. The molecule has 1 N–H and O–H groups in total. The SMILES string of the molecule is O=C(O)c1cc(C=CC2=Cc3ccccc3OC2)ncn1. The lowest BCUT2D eigenvalue weighted by Crippen LogP contribution is -2.05. The first kappa shape index (κ1) is 13.1. The van der Waals surface area contributed by atoms with Crippen molar-refractivity contribution in [1.82, 2.24) is 9.97 Å². The largest absolute Gasteiger partial charge is 0.488 e. The second-order valence-corrected chi connectivity index (χ2v) is 4.51. The minimum atomic E-state index is -1.07. The van der Waals surface area contributed by atoms with Crippen molar-refractivity contribution < 1.29 is 14.6 Å². The number of benzene rings is 1. The van der Waals surface area contributed by atoms with Gasteiger partial charge in [-0.1, -0.05) is 24.3 Å². The Kier molecular flexibility index (Phi) is 3.47. The van der Waals surface area contributed by atoms with Crippen LogP contribution in [0.4, 0.5) is 0 Å². The summed E-state index contributed by atoms with van der Waals surface area (Å²) in [6, 6.07) is 9.22. The minimum Gasteiger partial charge on any atom is -0.488 e. The van der Waals surface area contributed by atoms with Gasteiger partial charge in [-0.05, 0) is 29.9 Å². The fraction of sp³-hybridized carbons (Fsp3) is 0.0625. The van der Waals surface area contributed by atoms with Gasteiger partial charge in [-0.3, -0.25) is 0 Å². The first-order valence-electron chi connectivity index (χ1n) is 6.38. The van der Waals surface area contributed by atoms with Crippen LogP contribution in [0.1, 0.15) is 21.7 Å². The number of hydrogen-bond acceptors (Lipinski definition) is 4. The maximum absolute atomic E-state index is 10.9. The van der Waals surface area contributed by atoms with Crippen molar-refractivity contribution in [3.63, 3.8) is 0 Å². The molecule has 0 aliphatic carbocycles. The van der Waals surface area contributed by atoms with Crippen molar-refractivity contribution in [2.45, 2.75) is 0 Å². The molecule has 2 aromatic rings. The fourth-order valence-corrected chi connectivity index (χ4v) is 2.00. The van der Waals surface area contributed by atoms with Gasteiger partial charge in [-0.2, -0.15) is 0 Å². The Hall–Kier alpha value is -2.95. The van der Waals surface area contributed by atoms with Gasteiger partial charge in [0.15, 0.2) is 5.69 Å². The summed E-state index contributed by atoms with van der Waals surface area (Å²) in [6.45, 7) is 0.477. The molecule has 1 aliphatic heterocycles. The second-order valence-electron chi connectivity index (χ2n) is 4.51. The zero-order valence-electron chi connectivity index (χ0n) is 11.1. The first-order valence-corrected chi connectivity index (χ1v) is 6.38. The zero-order valence-corrected chi connectivity index (χ0v) is 11.1. The van der Waals surface area contributed by atoms with Crippen molar-refractivity contribution in [3.05, 3.63) is 65.3 Å². The van der Waals surface area contributed by atoms with E-state index in [-0.39, 0.29) is 5.69 Å². The molecular weight excluding hydrogens is 268 g/mol. The van der Waals surface area contributed by atoms with Gasteiger partial charge in [0.05, 0.1) is 5.69 Å². The lowest BCUT2D eigenvalue weighted by atomic mass is 10.1. The lowest BCUT2D eigenvalue weighted by Gasteiger charge is -2.15. The van der Waals surface area contributed by atoms with Crippen LogP contribution >= 0.6 is 0 Å². The quantitative estimate of drug-likeness (QED) is 0.935. The highest BCUT2D eigenvalue weighted by Crippen LogP contribution is 2.26. The van der Waals surface area contributed by atoms with Gasteiger partial charge >= 0.3 is 5.97 Å². The summed E-state index contributed by atoms with van der Waals surface area (Å²) in [5.41, 5.74) is 2.53. The van der Waals surface area contributed by atoms with E-state index in [0.29, 0.717) is 12.3 Å². The molecule has 0 saturated carbocycles. The van der Waals surface area contributed by atoms with E-state index in [9.17, 15) is 4.79 Å². The number of carboxylic acids is 1. The van der Waals surface area contributed by atoms with Crippen LogP contribution in [0.15, 0.2) is 48.3 Å². The molecule has 1 aromatic heterocycles. The number of ether oxygens (including phenoxy) is 1. The monoisotopic (exact) mass is 280 g/mol. The van der Waals surface area contributed by atoms with Crippen LogP contribution in [0.25, 0.3) is 12.2 Å². The third-order valence-electron chi connectivity index (χ3n) is 3.03. The predicted octanol–water partition coefficient (Wildman–Crippen LogP) is 2.66. The van der Waals surface area contributed by atoms with Crippen LogP contribution in [0, 0.1) is 0 Å². The van der Waals surface area contributed by atoms with E-state index in [1.807, 2.05) is 36.4 Å². The van der Waals surface area contributed by atoms with Crippen molar-refractivity contribution in [2.24, 2.45) is 0 Å². The molecule has 104 valence electrons. The van der Waals surface area contributed by atoms with Crippen LogP contribution in [-0.4, -0.2) is 27.7 Å². The highest BCUT2D eigenvalue weighted by molar-refractivity contribution is 5.85. The Morgan fingerprint density at radius 1 is 1.24 bits per heavy atom. The summed E-state index contributed by atoms with van der Waals surface area (Å²) in [5.74, 6) is -0.203. The maximum Gasteiger partial charge on any atom is 0.354 e. The zero-order chi connectivity index (χ0) is 14.7. The number of aromatic nitrogens is 2. The Balaban J connectivity index is 1.83.